The van der Waals surface area contributed by atoms with Gasteiger partial charge < -0.3 is 5.32 Å². The predicted octanol–water partition coefficient (Wildman–Crippen LogP) is 2.64. The molecule has 1 rings (SSSR count). The third-order valence-corrected chi connectivity index (χ3v) is 3.40. The average molecular weight is 212 g/mol. The molecule has 2 heteroatoms. The predicted molar refractivity (Wildman–Crippen MR) is 67.3 cm³/mol. The summed E-state index contributed by atoms with van der Waals surface area (Å²) in [5.41, 5.74) is 0. The molecule has 0 bridgehead atoms. The van der Waals surface area contributed by atoms with E-state index >= 15 is 0 Å². The van der Waals surface area contributed by atoms with Gasteiger partial charge in [0, 0.05) is 18.6 Å². The summed E-state index contributed by atoms with van der Waals surface area (Å²) < 4.78 is 0. The number of hydrogen-bond donors (Lipinski definition) is 1. The Bertz CT molecular complexity index is 151. The molecule has 0 aromatic rings. The quantitative estimate of drug-likeness (QED) is 0.653. The lowest BCUT2D eigenvalue weighted by Crippen LogP contribution is -2.41. The minimum absolute atomic E-state index is 0.698. The second kappa shape index (κ2) is 7.24. The van der Waals surface area contributed by atoms with Crippen LogP contribution in [-0.4, -0.2) is 36.6 Å². The molecule has 0 aromatic heterocycles. The zero-order valence-corrected chi connectivity index (χ0v) is 10.8. The zero-order chi connectivity index (χ0) is 11.1. The molecule has 1 fully saturated rings. The van der Waals surface area contributed by atoms with Gasteiger partial charge in [0.1, 0.15) is 0 Å². The number of nitrogens with one attached hydrogen (secondary N) is 1. The van der Waals surface area contributed by atoms with Gasteiger partial charge in [-0.05, 0) is 46.2 Å². The van der Waals surface area contributed by atoms with Crippen LogP contribution in [-0.2, 0) is 0 Å². The Morgan fingerprint density at radius 2 is 2.13 bits per heavy atom. The maximum atomic E-state index is 3.59. The number of rotatable bonds is 7. The van der Waals surface area contributed by atoms with Gasteiger partial charge in [-0.15, -0.1) is 0 Å². The van der Waals surface area contributed by atoms with Crippen molar-refractivity contribution in [2.24, 2.45) is 0 Å². The molecule has 1 aliphatic rings. The molecule has 0 aromatic carbocycles. The lowest BCUT2D eigenvalue weighted by Gasteiger charge is -2.29. The highest BCUT2D eigenvalue weighted by atomic mass is 15.2. The van der Waals surface area contributed by atoms with E-state index in [2.05, 4.69) is 31.0 Å². The molecule has 0 radical (unpaired) electrons. The summed E-state index contributed by atoms with van der Waals surface area (Å²) in [6.07, 6.45) is 6.80. The Balaban J connectivity index is 2.22. The topological polar surface area (TPSA) is 15.3 Å². The van der Waals surface area contributed by atoms with E-state index in [1.807, 2.05) is 0 Å². The fourth-order valence-corrected chi connectivity index (χ4v) is 2.32. The summed E-state index contributed by atoms with van der Waals surface area (Å²) >= 11 is 0. The van der Waals surface area contributed by atoms with Crippen LogP contribution in [0.3, 0.4) is 0 Å². The van der Waals surface area contributed by atoms with Crippen molar-refractivity contribution in [1.29, 1.82) is 0 Å². The number of hydrogen-bond acceptors (Lipinski definition) is 2. The van der Waals surface area contributed by atoms with Crippen LogP contribution in [0, 0.1) is 0 Å². The van der Waals surface area contributed by atoms with Crippen LogP contribution >= 0.6 is 0 Å². The first-order valence-electron chi connectivity index (χ1n) is 6.71. The van der Waals surface area contributed by atoms with Crippen LogP contribution in [0.1, 0.15) is 52.9 Å². The number of nitrogens with zero attached hydrogens (tertiary/aromatic N) is 1. The fraction of sp³-hybridized carbons (Fsp3) is 1.00. The molecule has 1 N–H and O–H groups in total. The van der Waals surface area contributed by atoms with E-state index in [4.69, 9.17) is 0 Å². The smallest absolute Gasteiger partial charge is 0.0195 e. The lowest BCUT2D eigenvalue weighted by molar-refractivity contribution is 0.198. The van der Waals surface area contributed by atoms with E-state index in [1.165, 1.54) is 51.7 Å². The van der Waals surface area contributed by atoms with Crippen molar-refractivity contribution in [3.8, 4) is 0 Å². The molecule has 1 aliphatic heterocycles. The first-order valence-corrected chi connectivity index (χ1v) is 6.71. The molecule has 0 aliphatic carbocycles. The second-order valence-electron chi connectivity index (χ2n) is 5.09. The van der Waals surface area contributed by atoms with Gasteiger partial charge >= 0.3 is 0 Å². The minimum atomic E-state index is 0.698. The van der Waals surface area contributed by atoms with Gasteiger partial charge in [-0.1, -0.05) is 19.8 Å². The van der Waals surface area contributed by atoms with Gasteiger partial charge in [0.15, 0.2) is 0 Å². The van der Waals surface area contributed by atoms with Crippen LogP contribution in [0.25, 0.3) is 0 Å². The van der Waals surface area contributed by atoms with Crippen molar-refractivity contribution in [1.82, 2.24) is 10.2 Å². The van der Waals surface area contributed by atoms with Crippen LogP contribution in [0.2, 0.25) is 0 Å². The van der Waals surface area contributed by atoms with Crippen LogP contribution in [0.15, 0.2) is 0 Å². The fourth-order valence-electron chi connectivity index (χ4n) is 2.32. The Labute approximate surface area is 95.4 Å². The highest BCUT2D eigenvalue weighted by Gasteiger charge is 2.18. The van der Waals surface area contributed by atoms with E-state index in [0.717, 1.165) is 6.04 Å². The summed E-state index contributed by atoms with van der Waals surface area (Å²) in [5.74, 6) is 0. The van der Waals surface area contributed by atoms with Crippen molar-refractivity contribution < 1.29 is 0 Å². The van der Waals surface area contributed by atoms with Crippen molar-refractivity contribution in [3.05, 3.63) is 0 Å². The largest absolute Gasteiger partial charge is 0.313 e. The molecule has 1 heterocycles. The zero-order valence-electron chi connectivity index (χ0n) is 10.8. The molecule has 1 saturated heterocycles. The van der Waals surface area contributed by atoms with Crippen LogP contribution in [0.5, 0.6) is 0 Å². The van der Waals surface area contributed by atoms with Crippen molar-refractivity contribution >= 4 is 0 Å². The summed E-state index contributed by atoms with van der Waals surface area (Å²) in [7, 11) is 0. The molecule has 0 spiro atoms. The maximum absolute atomic E-state index is 3.59. The standard InChI is InChI=1S/C13H28N2/c1-4-5-6-10-15(12(2)3)11-13-8-7-9-14-13/h12-14H,4-11H2,1-3H3/t13-/m1/s1. The van der Waals surface area contributed by atoms with Crippen molar-refractivity contribution in [2.45, 2.75) is 65.0 Å². The third-order valence-electron chi connectivity index (χ3n) is 3.40. The van der Waals surface area contributed by atoms with E-state index in [1.54, 1.807) is 0 Å². The minimum Gasteiger partial charge on any atom is -0.313 e. The summed E-state index contributed by atoms with van der Waals surface area (Å²) in [6, 6.07) is 1.46. The normalized spacial score (nSPS) is 21.8. The van der Waals surface area contributed by atoms with Gasteiger partial charge in [-0.2, -0.15) is 0 Å². The first-order chi connectivity index (χ1) is 7.24. The van der Waals surface area contributed by atoms with Gasteiger partial charge in [-0.25, -0.2) is 0 Å². The molecule has 15 heavy (non-hydrogen) atoms. The number of unbranched alkanes of at least 4 members (excludes halogenated alkanes) is 2. The van der Waals surface area contributed by atoms with E-state index in [0.29, 0.717) is 6.04 Å². The highest BCUT2D eigenvalue weighted by Crippen LogP contribution is 2.10. The molecular formula is C13H28N2. The lowest BCUT2D eigenvalue weighted by atomic mass is 10.1. The average Bonchev–Trinajstić information content (AvgIpc) is 2.69. The first kappa shape index (κ1) is 13.0. The molecule has 0 unspecified atom stereocenters. The van der Waals surface area contributed by atoms with Gasteiger partial charge in [0.2, 0.25) is 0 Å². The highest BCUT2D eigenvalue weighted by molar-refractivity contribution is 4.79. The van der Waals surface area contributed by atoms with Gasteiger partial charge in [-0.3, -0.25) is 4.90 Å². The maximum Gasteiger partial charge on any atom is 0.0195 e. The van der Waals surface area contributed by atoms with E-state index in [9.17, 15) is 0 Å². The van der Waals surface area contributed by atoms with Gasteiger partial charge in [0.05, 0.1) is 0 Å². The van der Waals surface area contributed by atoms with Crippen LogP contribution < -0.4 is 5.32 Å². The van der Waals surface area contributed by atoms with Crippen molar-refractivity contribution in [2.75, 3.05) is 19.6 Å². The molecule has 1 atom stereocenters. The SMILES string of the molecule is CCCCCN(C[C@H]1CCCN1)C(C)C. The Kier molecular flexibility index (Phi) is 6.26. The monoisotopic (exact) mass is 212 g/mol. The summed E-state index contributed by atoms with van der Waals surface area (Å²) in [4.78, 5) is 2.64. The molecule has 0 saturated carbocycles. The molecule has 90 valence electrons. The van der Waals surface area contributed by atoms with Crippen molar-refractivity contribution in [3.63, 3.8) is 0 Å². The Morgan fingerprint density at radius 1 is 1.33 bits per heavy atom. The second-order valence-corrected chi connectivity index (χ2v) is 5.09. The summed E-state index contributed by atoms with van der Waals surface area (Å²) in [5, 5.41) is 3.59. The Morgan fingerprint density at radius 3 is 2.67 bits per heavy atom. The molecule has 0 amide bonds. The molecular weight excluding hydrogens is 184 g/mol. The van der Waals surface area contributed by atoms with E-state index < -0.39 is 0 Å². The summed E-state index contributed by atoms with van der Waals surface area (Å²) in [6.45, 7) is 10.7. The Hall–Kier alpha value is -0.0800. The molecule has 2 nitrogen and oxygen atoms in total. The van der Waals surface area contributed by atoms with Gasteiger partial charge in [0.25, 0.3) is 0 Å². The van der Waals surface area contributed by atoms with E-state index in [-0.39, 0.29) is 0 Å². The third kappa shape index (κ3) is 4.98. The van der Waals surface area contributed by atoms with Crippen LogP contribution in [0.4, 0.5) is 0 Å².